The van der Waals surface area contributed by atoms with Crippen molar-refractivity contribution in [2.45, 2.75) is 77.8 Å². The summed E-state index contributed by atoms with van der Waals surface area (Å²) in [7, 11) is 0. The Bertz CT molecular complexity index is 2970. The number of aryl methyl sites for hydroxylation is 3. The van der Waals surface area contributed by atoms with E-state index in [1.165, 1.54) is 39.1 Å². The summed E-state index contributed by atoms with van der Waals surface area (Å²) in [5, 5.41) is 0. The molecule has 7 aromatic carbocycles. The summed E-state index contributed by atoms with van der Waals surface area (Å²) in [6.45, 7) is 18.2. The summed E-state index contributed by atoms with van der Waals surface area (Å²) >= 11 is 0. The molecule has 0 aliphatic carbocycles. The minimum Gasteiger partial charge on any atom is -0.457 e. The number of amidine groups is 1. The third-order valence-corrected chi connectivity index (χ3v) is 14.1. The van der Waals surface area contributed by atoms with E-state index in [4.69, 9.17) is 14.7 Å². The van der Waals surface area contributed by atoms with Crippen LogP contribution in [0.2, 0.25) is 0 Å². The number of benzene rings is 7. The average molecular weight is 849 g/mol. The lowest BCUT2D eigenvalue weighted by Gasteiger charge is -2.50. The minimum absolute atomic E-state index is 0.0380. The molecule has 5 nitrogen and oxygen atoms in total. The molecule has 0 saturated carbocycles. The third-order valence-electron chi connectivity index (χ3n) is 14.1. The molecular weight excluding hydrogens is 793 g/mol. The predicted octanol–water partition coefficient (Wildman–Crippen LogP) is 15.2. The molecule has 1 atom stereocenters. The van der Waals surface area contributed by atoms with E-state index in [-0.39, 0.29) is 11.3 Å². The molecule has 65 heavy (non-hydrogen) atoms. The zero-order valence-electron chi connectivity index (χ0n) is 38.7. The second kappa shape index (κ2) is 16.1. The molecule has 1 aromatic heterocycles. The van der Waals surface area contributed by atoms with E-state index in [1.807, 2.05) is 12.3 Å². The van der Waals surface area contributed by atoms with Crippen LogP contribution in [-0.2, 0) is 5.41 Å². The van der Waals surface area contributed by atoms with Crippen molar-refractivity contribution in [3.8, 4) is 22.6 Å². The number of aliphatic imine (C=N–C) groups is 1. The summed E-state index contributed by atoms with van der Waals surface area (Å²) in [5.74, 6) is 3.28. The molecule has 10 rings (SSSR count). The lowest BCUT2D eigenvalue weighted by molar-refractivity contribution is 0.279. The van der Waals surface area contributed by atoms with E-state index in [9.17, 15) is 0 Å². The van der Waals surface area contributed by atoms with Gasteiger partial charge in [0, 0.05) is 40.4 Å². The number of ether oxygens (including phenoxy) is 1. The van der Waals surface area contributed by atoms with Crippen molar-refractivity contribution in [1.29, 1.82) is 0 Å². The highest BCUT2D eigenvalue weighted by molar-refractivity contribution is 6.14. The van der Waals surface area contributed by atoms with Gasteiger partial charge in [-0.2, -0.15) is 0 Å². The van der Waals surface area contributed by atoms with Crippen LogP contribution in [0.1, 0.15) is 85.0 Å². The van der Waals surface area contributed by atoms with Crippen molar-refractivity contribution in [1.82, 2.24) is 4.98 Å². The average Bonchev–Trinajstić information content (AvgIpc) is 3.51. The van der Waals surface area contributed by atoms with Crippen LogP contribution >= 0.6 is 0 Å². The van der Waals surface area contributed by atoms with Crippen molar-refractivity contribution in [3.63, 3.8) is 0 Å². The lowest BCUT2D eigenvalue weighted by atomic mass is 9.66. The molecule has 2 aliphatic rings. The van der Waals surface area contributed by atoms with Gasteiger partial charge in [0.05, 0.1) is 22.5 Å². The van der Waals surface area contributed by atoms with Gasteiger partial charge < -0.3 is 9.64 Å². The van der Waals surface area contributed by atoms with Gasteiger partial charge in [0.25, 0.3) is 0 Å². The third kappa shape index (κ3) is 7.11. The second-order valence-electron chi connectivity index (χ2n) is 19.0. The Balaban J connectivity index is 1.15. The molecule has 3 heterocycles. The monoisotopic (exact) mass is 848 g/mol. The highest BCUT2D eigenvalue weighted by atomic mass is 16.5. The number of nitrogens with zero attached hydrogens (tertiary/aromatic N) is 4. The Kier molecular flexibility index (Phi) is 10.3. The van der Waals surface area contributed by atoms with Crippen LogP contribution in [-0.4, -0.2) is 21.9 Å². The van der Waals surface area contributed by atoms with Crippen molar-refractivity contribution in [2.75, 3.05) is 9.80 Å². The molecule has 0 N–H and O–H groups in total. The number of hydrogen-bond donors (Lipinski definition) is 0. The summed E-state index contributed by atoms with van der Waals surface area (Å²) in [4.78, 5) is 15.7. The first-order valence-corrected chi connectivity index (χ1v) is 22.8. The van der Waals surface area contributed by atoms with Gasteiger partial charge in [0.2, 0.25) is 0 Å². The zero-order valence-corrected chi connectivity index (χ0v) is 38.7. The molecule has 8 aromatic rings. The van der Waals surface area contributed by atoms with Crippen molar-refractivity contribution in [2.24, 2.45) is 4.99 Å². The van der Waals surface area contributed by atoms with Gasteiger partial charge in [-0.1, -0.05) is 147 Å². The fraction of sp³-hybridized carbons (Fsp3) is 0.200. The molecule has 0 bridgehead atoms. The molecule has 0 radical (unpaired) electrons. The van der Waals surface area contributed by atoms with Gasteiger partial charge in [-0.3, -0.25) is 9.89 Å². The normalized spacial score (nSPS) is 17.1. The van der Waals surface area contributed by atoms with Gasteiger partial charge >= 0.3 is 0 Å². The van der Waals surface area contributed by atoms with E-state index in [0.717, 1.165) is 56.8 Å². The SMILES string of the molecule is Cc1cc(Oc2cc(C3=NC(C)(C)[C@](C)(C(c4ccccc4)c4ccccc4)N3c3c(C)cccc3C)cc(-c3ccccc3)c2)cc(N2c3ccccc3C(C)(C)c3cccnc32)c1. The maximum absolute atomic E-state index is 7.13. The maximum atomic E-state index is 7.13. The minimum atomic E-state index is -0.569. The van der Waals surface area contributed by atoms with Gasteiger partial charge in [-0.05, 0) is 129 Å². The van der Waals surface area contributed by atoms with Crippen molar-refractivity contribution in [3.05, 3.63) is 233 Å². The number of hydrogen-bond acceptors (Lipinski definition) is 5. The van der Waals surface area contributed by atoms with Crippen LogP contribution in [0.15, 0.2) is 193 Å². The molecule has 322 valence electrons. The number of pyridine rings is 1. The van der Waals surface area contributed by atoms with Crippen LogP contribution in [0.5, 0.6) is 11.5 Å². The zero-order chi connectivity index (χ0) is 45.1. The Labute approximate surface area is 384 Å². The highest BCUT2D eigenvalue weighted by Gasteiger charge is 2.58. The molecule has 0 amide bonds. The standard InChI is InChI=1S/C60H56N4O/c1-40-34-48(63-53-32-19-18-30-51(53)58(4,5)52-31-21-33-61-57(52)63)39-49(35-40)65-50-37-46(43-24-12-9-13-25-43)36-47(38-50)56-62-59(6,7)60(8,64(56)55-41(2)22-20-23-42(55)3)54(44-26-14-10-15-27-44)45-28-16-11-17-29-45/h9-39,54H,1-8H3/t60-/m0/s1. The Morgan fingerprint density at radius 1 is 0.523 bits per heavy atom. The van der Waals surface area contributed by atoms with E-state index < -0.39 is 11.1 Å². The fourth-order valence-electron chi connectivity index (χ4n) is 10.6. The van der Waals surface area contributed by atoms with Gasteiger partial charge in [-0.15, -0.1) is 0 Å². The van der Waals surface area contributed by atoms with Crippen molar-refractivity contribution < 1.29 is 4.74 Å². The number of rotatable bonds is 9. The second-order valence-corrected chi connectivity index (χ2v) is 19.0. The summed E-state index contributed by atoms with van der Waals surface area (Å²) < 4.78 is 7.13. The Morgan fingerprint density at radius 2 is 1.11 bits per heavy atom. The smallest absolute Gasteiger partial charge is 0.141 e. The molecule has 0 saturated heterocycles. The van der Waals surface area contributed by atoms with Crippen LogP contribution in [0.25, 0.3) is 11.1 Å². The van der Waals surface area contributed by atoms with Gasteiger partial charge in [-0.25, -0.2) is 4.98 Å². The first-order chi connectivity index (χ1) is 31.3. The number of fused-ring (bicyclic) bond motifs is 2. The molecule has 0 spiro atoms. The lowest BCUT2D eigenvalue weighted by Crippen LogP contribution is -2.60. The molecule has 0 fully saturated rings. The summed E-state index contributed by atoms with van der Waals surface area (Å²) in [6.07, 6.45) is 1.89. The van der Waals surface area contributed by atoms with Gasteiger partial charge in [0.1, 0.15) is 23.2 Å². The maximum Gasteiger partial charge on any atom is 0.141 e. The van der Waals surface area contributed by atoms with Gasteiger partial charge in [0.15, 0.2) is 0 Å². The Hall–Kier alpha value is -7.24. The molecule has 5 heteroatoms. The van der Waals surface area contributed by atoms with Crippen LogP contribution in [0.4, 0.5) is 22.9 Å². The molecular formula is C60H56N4O. The fourth-order valence-corrected chi connectivity index (χ4v) is 10.6. The topological polar surface area (TPSA) is 41.0 Å². The molecule has 2 aliphatic heterocycles. The van der Waals surface area contributed by atoms with Crippen LogP contribution in [0, 0.1) is 20.8 Å². The summed E-state index contributed by atoms with van der Waals surface area (Å²) in [6, 6.07) is 65.2. The quantitative estimate of drug-likeness (QED) is 0.145. The largest absolute Gasteiger partial charge is 0.457 e. The van der Waals surface area contributed by atoms with E-state index >= 15 is 0 Å². The Morgan fingerprint density at radius 3 is 1.78 bits per heavy atom. The van der Waals surface area contributed by atoms with Crippen LogP contribution < -0.4 is 14.5 Å². The first-order valence-electron chi connectivity index (χ1n) is 22.8. The number of anilines is 4. The molecule has 0 unspecified atom stereocenters. The first kappa shape index (κ1) is 41.8. The number of para-hydroxylation sites is 2. The van der Waals surface area contributed by atoms with E-state index in [1.54, 1.807) is 0 Å². The predicted molar refractivity (Wildman–Crippen MR) is 270 cm³/mol. The van der Waals surface area contributed by atoms with E-state index in [2.05, 4.69) is 241 Å². The summed E-state index contributed by atoms with van der Waals surface area (Å²) in [5.41, 5.74) is 13.5. The van der Waals surface area contributed by atoms with Crippen LogP contribution in [0.3, 0.4) is 0 Å². The number of aromatic nitrogens is 1. The van der Waals surface area contributed by atoms with Crippen molar-refractivity contribution >= 4 is 28.7 Å². The highest BCUT2D eigenvalue weighted by Crippen LogP contribution is 2.55. The van der Waals surface area contributed by atoms with E-state index in [0.29, 0.717) is 0 Å².